The van der Waals surface area contributed by atoms with Crippen molar-refractivity contribution in [1.82, 2.24) is 5.32 Å². The zero-order chi connectivity index (χ0) is 12.5. The molecule has 1 aromatic carbocycles. The topological polar surface area (TPSA) is 35.5 Å². The Hall–Kier alpha value is -1.43. The van der Waals surface area contributed by atoms with Crippen LogP contribution in [0.2, 0.25) is 0 Å². The van der Waals surface area contributed by atoms with Crippen molar-refractivity contribution in [1.29, 1.82) is 0 Å². The number of anilines is 1. The van der Waals surface area contributed by atoms with E-state index in [2.05, 4.69) is 5.32 Å². The van der Waals surface area contributed by atoms with Crippen LogP contribution in [0.1, 0.15) is 5.56 Å². The van der Waals surface area contributed by atoms with E-state index in [4.69, 9.17) is 0 Å². The second-order valence-electron chi connectivity index (χ2n) is 3.94. The molecular weight excluding hydrogens is 233 g/mol. The number of nitrogens with one attached hydrogen (secondary N) is 1. The second-order valence-corrected chi connectivity index (χ2v) is 3.94. The summed E-state index contributed by atoms with van der Waals surface area (Å²) in [7, 11) is 0. The maximum Gasteiger partial charge on any atom is 0.416 e. The smallest absolute Gasteiger partial charge is 0.416 e. The molecule has 1 heterocycles. The maximum atomic E-state index is 12.4. The fourth-order valence-corrected chi connectivity index (χ4v) is 1.87. The molecule has 1 saturated heterocycles. The molecule has 0 atom stereocenters. The lowest BCUT2D eigenvalue weighted by Crippen LogP contribution is -2.43. The van der Waals surface area contributed by atoms with Gasteiger partial charge >= 0.3 is 6.18 Å². The summed E-state index contributed by atoms with van der Waals surface area (Å²) in [6.45, 7) is 2.89. The molecule has 0 saturated carbocycles. The molecule has 1 aliphatic heterocycles. The highest BCUT2D eigenvalue weighted by Gasteiger charge is 2.31. The number of hydrogen-bond donors (Lipinski definition) is 2. The zero-order valence-corrected chi connectivity index (χ0v) is 9.09. The monoisotopic (exact) mass is 246 g/mol. The van der Waals surface area contributed by atoms with Crippen LogP contribution in [0.3, 0.4) is 0 Å². The first-order chi connectivity index (χ1) is 7.98. The molecule has 0 bridgehead atoms. The molecule has 3 nitrogen and oxygen atoms in total. The first-order valence-corrected chi connectivity index (χ1v) is 5.34. The van der Waals surface area contributed by atoms with Crippen LogP contribution >= 0.6 is 0 Å². The fraction of sp³-hybridized carbons (Fsp3) is 0.455. The molecule has 2 N–H and O–H groups in total. The second kappa shape index (κ2) is 4.44. The minimum atomic E-state index is -4.42. The first kappa shape index (κ1) is 12.0. The van der Waals surface area contributed by atoms with Crippen LogP contribution in [-0.2, 0) is 6.18 Å². The minimum absolute atomic E-state index is 0.318. The van der Waals surface area contributed by atoms with Crippen molar-refractivity contribution in [3.8, 4) is 5.75 Å². The Kier molecular flexibility index (Phi) is 3.15. The van der Waals surface area contributed by atoms with Crippen molar-refractivity contribution in [2.24, 2.45) is 0 Å². The molecule has 0 amide bonds. The van der Waals surface area contributed by atoms with E-state index in [-0.39, 0.29) is 5.75 Å². The van der Waals surface area contributed by atoms with Crippen molar-refractivity contribution in [2.45, 2.75) is 6.18 Å². The Morgan fingerprint density at radius 1 is 1.18 bits per heavy atom. The Morgan fingerprint density at radius 3 is 2.35 bits per heavy atom. The zero-order valence-electron chi connectivity index (χ0n) is 9.09. The number of aromatic hydroxyl groups is 1. The highest BCUT2D eigenvalue weighted by atomic mass is 19.4. The van der Waals surface area contributed by atoms with Crippen LogP contribution in [0.15, 0.2) is 18.2 Å². The van der Waals surface area contributed by atoms with E-state index >= 15 is 0 Å². The molecule has 0 aromatic heterocycles. The molecule has 2 rings (SSSR count). The Labute approximate surface area is 96.9 Å². The van der Waals surface area contributed by atoms with E-state index < -0.39 is 11.7 Å². The Bertz CT molecular complexity index is 400. The highest BCUT2D eigenvalue weighted by Crippen LogP contribution is 2.35. The van der Waals surface area contributed by atoms with E-state index in [1.807, 2.05) is 4.90 Å². The van der Waals surface area contributed by atoms with Crippen molar-refractivity contribution in [3.63, 3.8) is 0 Å². The average Bonchev–Trinajstić information content (AvgIpc) is 2.29. The third-order valence-electron chi connectivity index (χ3n) is 2.76. The summed E-state index contributed by atoms with van der Waals surface area (Å²) in [5, 5.41) is 12.8. The van der Waals surface area contributed by atoms with Gasteiger partial charge in [-0.05, 0) is 18.2 Å². The van der Waals surface area contributed by atoms with Crippen molar-refractivity contribution in [2.75, 3.05) is 31.1 Å². The molecule has 1 aromatic rings. The Morgan fingerprint density at radius 2 is 1.82 bits per heavy atom. The van der Waals surface area contributed by atoms with E-state index in [9.17, 15) is 18.3 Å². The van der Waals surface area contributed by atoms with Gasteiger partial charge in [-0.1, -0.05) is 0 Å². The van der Waals surface area contributed by atoms with E-state index in [0.717, 1.165) is 25.2 Å². The van der Waals surface area contributed by atoms with Crippen LogP contribution in [0.4, 0.5) is 18.9 Å². The number of nitrogens with zero attached hydrogens (tertiary/aromatic N) is 1. The number of benzene rings is 1. The lowest BCUT2D eigenvalue weighted by atomic mass is 10.1. The lowest BCUT2D eigenvalue weighted by molar-refractivity contribution is -0.137. The number of hydrogen-bond acceptors (Lipinski definition) is 3. The third kappa shape index (κ3) is 2.63. The van der Waals surface area contributed by atoms with Crippen LogP contribution in [0.25, 0.3) is 0 Å². The summed E-state index contributed by atoms with van der Waals surface area (Å²) in [6.07, 6.45) is -4.42. The van der Waals surface area contributed by atoms with Gasteiger partial charge in [0.05, 0.1) is 11.3 Å². The third-order valence-corrected chi connectivity index (χ3v) is 2.76. The van der Waals surface area contributed by atoms with Gasteiger partial charge in [-0.15, -0.1) is 0 Å². The molecule has 94 valence electrons. The van der Waals surface area contributed by atoms with Gasteiger partial charge in [-0.3, -0.25) is 0 Å². The summed E-state index contributed by atoms with van der Waals surface area (Å²) in [5.41, 5.74) is -0.367. The summed E-state index contributed by atoms with van der Waals surface area (Å²) in [5.74, 6) is -0.318. The molecular formula is C11H13F3N2O. The van der Waals surface area contributed by atoms with Gasteiger partial charge in [-0.25, -0.2) is 0 Å². The normalized spacial score (nSPS) is 17.2. The van der Waals surface area contributed by atoms with Crippen molar-refractivity contribution < 1.29 is 18.3 Å². The predicted molar refractivity (Wildman–Crippen MR) is 58.2 cm³/mol. The quantitative estimate of drug-likeness (QED) is 0.793. The first-order valence-electron chi connectivity index (χ1n) is 5.34. The van der Waals surface area contributed by atoms with Gasteiger partial charge in [0.1, 0.15) is 5.75 Å². The summed E-state index contributed by atoms with van der Waals surface area (Å²) < 4.78 is 37.2. The molecule has 0 unspecified atom stereocenters. The van der Waals surface area contributed by atoms with E-state index in [1.54, 1.807) is 0 Å². The van der Waals surface area contributed by atoms with Gasteiger partial charge in [0, 0.05) is 26.2 Å². The van der Waals surface area contributed by atoms with Crippen molar-refractivity contribution >= 4 is 5.69 Å². The van der Waals surface area contributed by atoms with E-state index in [1.165, 1.54) is 6.07 Å². The minimum Gasteiger partial charge on any atom is -0.506 e. The van der Waals surface area contributed by atoms with Crippen LogP contribution in [0, 0.1) is 0 Å². The summed E-state index contributed by atoms with van der Waals surface area (Å²) in [4.78, 5) is 1.87. The molecule has 1 aliphatic rings. The lowest BCUT2D eigenvalue weighted by Gasteiger charge is -2.30. The average molecular weight is 246 g/mol. The standard InChI is InChI=1S/C11H13F3N2O/c12-11(13,14)8-1-2-9(10(17)7-8)16-5-3-15-4-6-16/h1-2,7,15,17H,3-6H2. The van der Waals surface area contributed by atoms with Gasteiger partial charge in [0.2, 0.25) is 0 Å². The molecule has 17 heavy (non-hydrogen) atoms. The number of alkyl halides is 3. The van der Waals surface area contributed by atoms with Gasteiger partial charge in [0.25, 0.3) is 0 Å². The van der Waals surface area contributed by atoms with Gasteiger partial charge in [0.15, 0.2) is 0 Å². The van der Waals surface area contributed by atoms with Crippen LogP contribution in [0.5, 0.6) is 5.75 Å². The number of phenolic OH excluding ortho intramolecular Hbond substituents is 1. The summed E-state index contributed by atoms with van der Waals surface area (Å²) >= 11 is 0. The van der Waals surface area contributed by atoms with Crippen molar-refractivity contribution in [3.05, 3.63) is 23.8 Å². The number of halogens is 3. The Balaban J connectivity index is 2.25. The van der Waals surface area contributed by atoms with E-state index in [0.29, 0.717) is 18.8 Å². The fourth-order valence-electron chi connectivity index (χ4n) is 1.87. The van der Waals surface area contributed by atoms with Gasteiger partial charge in [-0.2, -0.15) is 13.2 Å². The number of piperazine rings is 1. The van der Waals surface area contributed by atoms with Crippen LogP contribution < -0.4 is 10.2 Å². The van der Waals surface area contributed by atoms with Gasteiger partial charge < -0.3 is 15.3 Å². The summed E-state index contributed by atoms with van der Waals surface area (Å²) in [6, 6.07) is 3.10. The molecule has 6 heteroatoms. The SMILES string of the molecule is Oc1cc(C(F)(F)F)ccc1N1CCNCC1. The number of phenols is 1. The van der Waals surface area contributed by atoms with Crippen LogP contribution in [-0.4, -0.2) is 31.3 Å². The molecule has 1 fully saturated rings. The maximum absolute atomic E-state index is 12.4. The molecule has 0 aliphatic carbocycles. The highest BCUT2D eigenvalue weighted by molar-refractivity contribution is 5.59. The number of rotatable bonds is 1. The molecule has 0 spiro atoms. The predicted octanol–water partition coefficient (Wildman–Crippen LogP) is 1.82. The molecule has 0 radical (unpaired) electrons. The largest absolute Gasteiger partial charge is 0.506 e.